The van der Waals surface area contributed by atoms with Gasteiger partial charge in [0.1, 0.15) is 6.10 Å². The number of hydrogen-bond donors (Lipinski definition) is 0. The van der Waals surface area contributed by atoms with Gasteiger partial charge in [-0.25, -0.2) is 0 Å². The minimum absolute atomic E-state index is 0.00552. The van der Waals surface area contributed by atoms with Gasteiger partial charge in [-0.1, -0.05) is 30.7 Å². The number of carbonyl (C=O) groups excluding carboxylic acids is 1. The van der Waals surface area contributed by atoms with E-state index in [1.807, 2.05) is 6.92 Å². The van der Waals surface area contributed by atoms with E-state index in [4.69, 9.17) is 4.74 Å². The molecule has 0 unspecified atom stereocenters. The summed E-state index contributed by atoms with van der Waals surface area (Å²) in [5.74, 6) is 1.40. The third-order valence-corrected chi connectivity index (χ3v) is 5.02. The number of allylic oxidation sites excluding steroid dienone is 2. The summed E-state index contributed by atoms with van der Waals surface area (Å²) in [6.07, 6.45) is 5.63. The zero-order valence-electron chi connectivity index (χ0n) is 10.6. The van der Waals surface area contributed by atoms with Crippen molar-refractivity contribution in [2.75, 3.05) is 0 Å². The van der Waals surface area contributed by atoms with Gasteiger partial charge in [-0.15, -0.1) is 0 Å². The fraction of sp³-hybridized carbons (Fsp3) is 0.667. The van der Waals surface area contributed by atoms with Crippen LogP contribution in [-0.2, 0) is 9.53 Å². The molecule has 0 spiro atoms. The molecule has 0 aromatic carbocycles. The van der Waals surface area contributed by atoms with Crippen molar-refractivity contribution in [2.45, 2.75) is 39.2 Å². The Morgan fingerprint density at radius 2 is 2.24 bits per heavy atom. The lowest BCUT2D eigenvalue weighted by molar-refractivity contribution is -0.145. The van der Waals surface area contributed by atoms with Crippen LogP contribution in [0.25, 0.3) is 0 Å². The molecule has 0 aromatic rings. The average Bonchev–Trinajstić information content (AvgIpc) is 2.75. The van der Waals surface area contributed by atoms with Crippen molar-refractivity contribution in [3.63, 3.8) is 0 Å². The zero-order valence-corrected chi connectivity index (χ0v) is 10.6. The van der Waals surface area contributed by atoms with Gasteiger partial charge >= 0.3 is 5.97 Å². The van der Waals surface area contributed by atoms with Crippen LogP contribution in [0.1, 0.15) is 33.1 Å². The molecule has 2 heteroatoms. The molecular weight excluding hydrogens is 212 g/mol. The van der Waals surface area contributed by atoms with Crippen molar-refractivity contribution >= 4 is 5.97 Å². The fourth-order valence-corrected chi connectivity index (χ4v) is 3.90. The van der Waals surface area contributed by atoms with E-state index >= 15 is 0 Å². The lowest BCUT2D eigenvalue weighted by Gasteiger charge is -2.27. The van der Waals surface area contributed by atoms with Crippen molar-refractivity contribution in [1.29, 1.82) is 0 Å². The molecule has 2 nitrogen and oxygen atoms in total. The predicted molar refractivity (Wildman–Crippen MR) is 66.3 cm³/mol. The first-order valence-electron chi connectivity index (χ1n) is 6.64. The largest absolute Gasteiger partial charge is 0.461 e. The lowest BCUT2D eigenvalue weighted by atomic mass is 9.79. The summed E-state index contributed by atoms with van der Waals surface area (Å²) >= 11 is 0. The molecule has 1 aliphatic heterocycles. The summed E-state index contributed by atoms with van der Waals surface area (Å²) in [5, 5.41) is 0. The molecule has 5 atom stereocenters. The molecule has 3 aliphatic rings. The highest BCUT2D eigenvalue weighted by Crippen LogP contribution is 2.50. The highest BCUT2D eigenvalue weighted by Gasteiger charge is 2.50. The summed E-state index contributed by atoms with van der Waals surface area (Å²) in [6.45, 7) is 8.44. The molecular formula is C15H20O2. The highest BCUT2D eigenvalue weighted by atomic mass is 16.6. The van der Waals surface area contributed by atoms with Gasteiger partial charge in [0.2, 0.25) is 0 Å². The van der Waals surface area contributed by atoms with E-state index in [1.165, 1.54) is 11.1 Å². The predicted octanol–water partition coefficient (Wildman–Crippen LogP) is 3.10. The van der Waals surface area contributed by atoms with Crippen LogP contribution in [0.3, 0.4) is 0 Å². The first-order chi connectivity index (χ1) is 8.09. The Kier molecular flexibility index (Phi) is 2.42. The van der Waals surface area contributed by atoms with Crippen LogP contribution in [0.4, 0.5) is 0 Å². The Morgan fingerprint density at radius 1 is 1.47 bits per heavy atom. The van der Waals surface area contributed by atoms with E-state index in [0.29, 0.717) is 17.8 Å². The van der Waals surface area contributed by atoms with Crippen molar-refractivity contribution in [3.8, 4) is 0 Å². The summed E-state index contributed by atoms with van der Waals surface area (Å²) in [4.78, 5) is 11.8. The van der Waals surface area contributed by atoms with E-state index in [2.05, 4.69) is 19.6 Å². The first-order valence-corrected chi connectivity index (χ1v) is 6.64. The van der Waals surface area contributed by atoms with Gasteiger partial charge in [-0.05, 0) is 32.1 Å². The van der Waals surface area contributed by atoms with Crippen molar-refractivity contribution in [1.82, 2.24) is 0 Å². The Balaban J connectivity index is 1.97. The Hall–Kier alpha value is -1.05. The maximum atomic E-state index is 11.8. The molecule has 1 saturated heterocycles. The summed E-state index contributed by atoms with van der Waals surface area (Å²) in [6, 6.07) is 0. The number of rotatable bonds is 0. The molecule has 0 bridgehead atoms. The number of fused-ring (bicyclic) bond motifs is 3. The van der Waals surface area contributed by atoms with Gasteiger partial charge in [0.25, 0.3) is 0 Å². The van der Waals surface area contributed by atoms with Crippen LogP contribution in [0.2, 0.25) is 0 Å². The van der Waals surface area contributed by atoms with E-state index in [0.717, 1.165) is 19.3 Å². The molecule has 0 N–H and O–H groups in total. The molecule has 0 aromatic heterocycles. The van der Waals surface area contributed by atoms with Gasteiger partial charge in [0.15, 0.2) is 0 Å². The second-order valence-corrected chi connectivity index (χ2v) is 5.87. The van der Waals surface area contributed by atoms with E-state index in [9.17, 15) is 4.79 Å². The Bertz CT molecular complexity index is 407. The van der Waals surface area contributed by atoms with Crippen molar-refractivity contribution in [2.24, 2.45) is 23.7 Å². The molecule has 2 aliphatic carbocycles. The molecule has 0 radical (unpaired) electrons. The second kappa shape index (κ2) is 3.72. The highest BCUT2D eigenvalue weighted by molar-refractivity contribution is 5.75. The van der Waals surface area contributed by atoms with Crippen LogP contribution in [-0.4, -0.2) is 12.1 Å². The van der Waals surface area contributed by atoms with E-state index < -0.39 is 0 Å². The number of hydrogen-bond acceptors (Lipinski definition) is 2. The van der Waals surface area contributed by atoms with Crippen LogP contribution in [0.5, 0.6) is 0 Å². The van der Waals surface area contributed by atoms with Gasteiger partial charge in [-0.2, -0.15) is 0 Å². The van der Waals surface area contributed by atoms with Crippen molar-refractivity contribution < 1.29 is 9.53 Å². The van der Waals surface area contributed by atoms with E-state index in [-0.39, 0.29) is 18.0 Å². The monoisotopic (exact) mass is 232 g/mol. The molecule has 3 rings (SSSR count). The third kappa shape index (κ3) is 1.50. The van der Waals surface area contributed by atoms with Gasteiger partial charge in [0, 0.05) is 11.8 Å². The van der Waals surface area contributed by atoms with Gasteiger partial charge in [0.05, 0.1) is 5.92 Å². The molecule has 0 amide bonds. The minimum Gasteiger partial charge on any atom is -0.461 e. The summed E-state index contributed by atoms with van der Waals surface area (Å²) in [5.41, 5.74) is 2.76. The normalized spacial score (nSPS) is 44.8. The maximum absolute atomic E-state index is 11.8. The van der Waals surface area contributed by atoms with Gasteiger partial charge < -0.3 is 4.74 Å². The number of esters is 1. The molecule has 1 heterocycles. The molecule has 1 saturated carbocycles. The second-order valence-electron chi connectivity index (χ2n) is 5.87. The quantitative estimate of drug-likeness (QED) is 0.474. The van der Waals surface area contributed by atoms with E-state index in [1.54, 1.807) is 0 Å². The number of carbonyl (C=O) groups is 1. The first kappa shape index (κ1) is 11.1. The van der Waals surface area contributed by atoms with Crippen LogP contribution in [0, 0.1) is 23.7 Å². The third-order valence-electron chi connectivity index (χ3n) is 5.02. The standard InChI is InChI=1S/C15H20O2/c1-8-4-7-12-10(3)15(16)17-14(12)13-9(2)5-6-11(8)13/h5,10-14H,1,4,6-7H2,2-3H3/t10-,11-,12-,13-,14+/m0/s1. The Morgan fingerprint density at radius 3 is 3.00 bits per heavy atom. The fourth-order valence-electron chi connectivity index (χ4n) is 3.90. The lowest BCUT2D eigenvalue weighted by Crippen LogP contribution is -2.30. The van der Waals surface area contributed by atoms with Gasteiger partial charge in [-0.3, -0.25) is 4.79 Å². The SMILES string of the molecule is C=C1CC[C@@H]2[C@@H](OC(=O)[C@H]2C)[C@H]2C(C)=CC[C@@H]12. The van der Waals surface area contributed by atoms with Crippen molar-refractivity contribution in [3.05, 3.63) is 23.8 Å². The average molecular weight is 232 g/mol. The van der Waals surface area contributed by atoms with Crippen LogP contribution in [0.15, 0.2) is 23.8 Å². The molecule has 92 valence electrons. The number of ether oxygens (including phenoxy) is 1. The Labute approximate surface area is 103 Å². The van der Waals surface area contributed by atoms with Crippen LogP contribution >= 0.6 is 0 Å². The topological polar surface area (TPSA) is 26.3 Å². The zero-order chi connectivity index (χ0) is 12.2. The molecule has 2 fully saturated rings. The summed E-state index contributed by atoms with van der Waals surface area (Å²) < 4.78 is 5.67. The smallest absolute Gasteiger partial charge is 0.309 e. The minimum atomic E-state index is 0.00552. The maximum Gasteiger partial charge on any atom is 0.309 e. The molecule has 17 heavy (non-hydrogen) atoms. The van der Waals surface area contributed by atoms with Crippen LogP contribution < -0.4 is 0 Å². The summed E-state index contributed by atoms with van der Waals surface area (Å²) in [7, 11) is 0.